The second-order valence-corrected chi connectivity index (χ2v) is 4.55. The number of carbonyl (C=O) groups is 2. The van der Waals surface area contributed by atoms with E-state index in [1.54, 1.807) is 6.92 Å². The smallest absolute Gasteiger partial charge is 0.356 e. The number of rotatable bonds is 4. The van der Waals surface area contributed by atoms with Crippen LogP contribution in [0.2, 0.25) is 0 Å². The summed E-state index contributed by atoms with van der Waals surface area (Å²) in [6.07, 6.45) is 1.20. The molecular weight excluding hydrogens is 292 g/mol. The first-order valence-corrected chi connectivity index (χ1v) is 6.13. The number of nitrogens with zero attached hydrogens (tertiary/aromatic N) is 3. The molecule has 2 rings (SSSR count). The lowest BCUT2D eigenvalue weighted by atomic mass is 10.1. The summed E-state index contributed by atoms with van der Waals surface area (Å²) in [6.45, 7) is 1.56. The Balaban J connectivity index is 2.32. The summed E-state index contributed by atoms with van der Waals surface area (Å²) in [5, 5.41) is 26.1. The largest absolute Gasteiger partial charge is 0.476 e. The van der Waals surface area contributed by atoms with Gasteiger partial charge in [0.15, 0.2) is 5.69 Å². The molecule has 9 nitrogen and oxygen atoms in total. The van der Waals surface area contributed by atoms with Gasteiger partial charge in [-0.2, -0.15) is 5.10 Å². The molecule has 0 aliphatic carbocycles. The number of amides is 1. The zero-order valence-electron chi connectivity index (χ0n) is 11.7. The number of nitro groups is 1. The first-order chi connectivity index (χ1) is 10.3. The van der Waals surface area contributed by atoms with E-state index >= 15 is 0 Å². The van der Waals surface area contributed by atoms with Crippen molar-refractivity contribution in [2.24, 2.45) is 7.05 Å². The highest BCUT2D eigenvalue weighted by Gasteiger charge is 2.20. The van der Waals surface area contributed by atoms with Gasteiger partial charge in [-0.25, -0.2) is 4.79 Å². The number of carboxylic acids is 1. The molecule has 1 amide bonds. The molecule has 0 saturated carbocycles. The highest BCUT2D eigenvalue weighted by atomic mass is 16.6. The van der Waals surface area contributed by atoms with Crippen LogP contribution in [0.1, 0.15) is 26.4 Å². The van der Waals surface area contributed by atoms with Gasteiger partial charge in [-0.15, -0.1) is 0 Å². The van der Waals surface area contributed by atoms with Crippen LogP contribution in [0.25, 0.3) is 0 Å². The summed E-state index contributed by atoms with van der Waals surface area (Å²) in [5.41, 5.74) is 0.127. The van der Waals surface area contributed by atoms with Gasteiger partial charge >= 0.3 is 5.97 Å². The number of carbonyl (C=O) groups excluding carboxylic acids is 1. The summed E-state index contributed by atoms with van der Waals surface area (Å²) in [5.74, 6) is -1.90. The van der Waals surface area contributed by atoms with Crippen molar-refractivity contribution in [3.05, 3.63) is 51.3 Å². The molecule has 0 unspecified atom stereocenters. The van der Waals surface area contributed by atoms with Crippen LogP contribution in [0.3, 0.4) is 0 Å². The minimum absolute atomic E-state index is 0.0169. The highest BCUT2D eigenvalue weighted by Crippen LogP contribution is 2.21. The number of hydrogen-bond donors (Lipinski definition) is 2. The summed E-state index contributed by atoms with van der Waals surface area (Å²) >= 11 is 0. The van der Waals surface area contributed by atoms with Crippen LogP contribution >= 0.6 is 0 Å². The quantitative estimate of drug-likeness (QED) is 0.652. The molecule has 0 aliphatic heterocycles. The zero-order valence-corrected chi connectivity index (χ0v) is 11.7. The van der Waals surface area contributed by atoms with Crippen LogP contribution in [-0.4, -0.2) is 31.7 Å². The lowest BCUT2D eigenvalue weighted by molar-refractivity contribution is -0.385. The molecule has 0 saturated heterocycles. The summed E-state index contributed by atoms with van der Waals surface area (Å²) < 4.78 is 1.11. The molecule has 9 heteroatoms. The van der Waals surface area contributed by atoms with Crippen LogP contribution in [0.5, 0.6) is 0 Å². The second kappa shape index (κ2) is 5.64. The molecule has 0 aliphatic rings. The Hall–Kier alpha value is -3.23. The predicted octanol–water partition coefficient (Wildman–Crippen LogP) is 1.59. The van der Waals surface area contributed by atoms with Gasteiger partial charge in [0.25, 0.3) is 11.6 Å². The molecule has 2 aromatic rings. The Morgan fingerprint density at radius 2 is 2.09 bits per heavy atom. The Bertz CT molecular complexity index is 781. The van der Waals surface area contributed by atoms with Gasteiger partial charge < -0.3 is 10.4 Å². The summed E-state index contributed by atoms with van der Waals surface area (Å²) in [6, 6.07) is 4.02. The van der Waals surface area contributed by atoms with E-state index in [1.165, 1.54) is 25.4 Å². The average molecular weight is 304 g/mol. The molecule has 0 atom stereocenters. The van der Waals surface area contributed by atoms with E-state index in [9.17, 15) is 19.7 Å². The summed E-state index contributed by atoms with van der Waals surface area (Å²) in [7, 11) is 1.43. The van der Waals surface area contributed by atoms with Crippen molar-refractivity contribution in [2.75, 3.05) is 5.32 Å². The molecule has 1 aromatic carbocycles. The highest BCUT2D eigenvalue weighted by molar-refractivity contribution is 6.07. The predicted molar refractivity (Wildman–Crippen MR) is 76.0 cm³/mol. The fraction of sp³-hybridized carbons (Fsp3) is 0.154. The third kappa shape index (κ3) is 2.77. The van der Waals surface area contributed by atoms with Crippen molar-refractivity contribution >= 4 is 23.3 Å². The topological polar surface area (TPSA) is 127 Å². The fourth-order valence-corrected chi connectivity index (χ4v) is 1.92. The van der Waals surface area contributed by atoms with E-state index in [0.717, 1.165) is 10.7 Å². The van der Waals surface area contributed by atoms with Crippen LogP contribution in [0.4, 0.5) is 11.4 Å². The Morgan fingerprint density at radius 1 is 1.41 bits per heavy atom. The lowest BCUT2D eigenvalue weighted by Crippen LogP contribution is -2.15. The van der Waals surface area contributed by atoms with Gasteiger partial charge in [-0.1, -0.05) is 6.07 Å². The minimum Gasteiger partial charge on any atom is -0.476 e. The average Bonchev–Trinajstić information content (AvgIpc) is 2.79. The molecule has 2 N–H and O–H groups in total. The number of hydrogen-bond acceptors (Lipinski definition) is 5. The third-order valence-electron chi connectivity index (χ3n) is 3.06. The third-order valence-corrected chi connectivity index (χ3v) is 3.06. The number of anilines is 1. The van der Waals surface area contributed by atoms with E-state index < -0.39 is 16.8 Å². The summed E-state index contributed by atoms with van der Waals surface area (Å²) in [4.78, 5) is 33.5. The Labute approximate surface area is 124 Å². The van der Waals surface area contributed by atoms with Gasteiger partial charge in [0.1, 0.15) is 0 Å². The maximum absolute atomic E-state index is 12.1. The Kier molecular flexibility index (Phi) is 3.89. The number of aromatic carboxylic acids is 1. The standard InChI is InChI=1S/C13H12N4O5/c1-7-3-4-8(5-10(7)17(21)22)12(18)15-9-6-14-16(2)11(9)13(19)20/h3-6H,1-2H3,(H,15,18)(H,19,20). The van der Waals surface area contributed by atoms with Crippen LogP contribution in [0, 0.1) is 17.0 Å². The van der Waals surface area contributed by atoms with Gasteiger partial charge in [0.2, 0.25) is 0 Å². The van der Waals surface area contributed by atoms with E-state index in [0.29, 0.717) is 5.56 Å². The molecule has 0 radical (unpaired) electrons. The van der Waals surface area contributed by atoms with Crippen molar-refractivity contribution in [3.8, 4) is 0 Å². The van der Waals surface area contributed by atoms with Crippen molar-refractivity contribution in [1.29, 1.82) is 0 Å². The van der Waals surface area contributed by atoms with Crippen molar-refractivity contribution in [3.63, 3.8) is 0 Å². The molecule has 22 heavy (non-hydrogen) atoms. The first-order valence-electron chi connectivity index (χ1n) is 6.13. The number of nitrogens with one attached hydrogen (secondary N) is 1. The number of benzene rings is 1. The molecule has 1 heterocycles. The minimum atomic E-state index is -1.25. The Morgan fingerprint density at radius 3 is 2.68 bits per heavy atom. The van der Waals surface area contributed by atoms with E-state index in [-0.39, 0.29) is 22.6 Å². The number of aromatic nitrogens is 2. The van der Waals surface area contributed by atoms with Crippen LogP contribution < -0.4 is 5.32 Å². The van der Waals surface area contributed by atoms with Gasteiger partial charge in [-0.05, 0) is 13.0 Å². The van der Waals surface area contributed by atoms with Gasteiger partial charge in [0, 0.05) is 24.2 Å². The van der Waals surface area contributed by atoms with Crippen molar-refractivity contribution in [2.45, 2.75) is 6.92 Å². The van der Waals surface area contributed by atoms with Crippen LogP contribution in [-0.2, 0) is 7.05 Å². The fourth-order valence-electron chi connectivity index (χ4n) is 1.92. The van der Waals surface area contributed by atoms with E-state index in [2.05, 4.69) is 10.4 Å². The number of nitro benzene ring substituents is 1. The first kappa shape index (κ1) is 15.2. The number of carboxylic acid groups (broad SMARTS) is 1. The second-order valence-electron chi connectivity index (χ2n) is 4.55. The molecule has 0 bridgehead atoms. The van der Waals surface area contributed by atoms with Crippen LogP contribution in [0.15, 0.2) is 24.4 Å². The van der Waals surface area contributed by atoms with E-state index in [4.69, 9.17) is 5.11 Å². The maximum atomic E-state index is 12.1. The number of aryl methyl sites for hydroxylation is 2. The molecule has 0 fully saturated rings. The maximum Gasteiger partial charge on any atom is 0.356 e. The van der Waals surface area contributed by atoms with Gasteiger partial charge in [-0.3, -0.25) is 19.6 Å². The molecule has 0 spiro atoms. The van der Waals surface area contributed by atoms with Gasteiger partial charge in [0.05, 0.1) is 16.8 Å². The molecular formula is C13H12N4O5. The lowest BCUT2D eigenvalue weighted by Gasteiger charge is -2.05. The normalized spacial score (nSPS) is 10.3. The zero-order chi connectivity index (χ0) is 16.4. The van der Waals surface area contributed by atoms with Crippen molar-refractivity contribution in [1.82, 2.24) is 9.78 Å². The monoisotopic (exact) mass is 304 g/mol. The van der Waals surface area contributed by atoms with Crippen molar-refractivity contribution < 1.29 is 19.6 Å². The SMILES string of the molecule is Cc1ccc(C(=O)Nc2cnn(C)c2C(=O)O)cc1[N+](=O)[O-]. The van der Waals surface area contributed by atoms with E-state index in [1.807, 2.05) is 0 Å². The molecule has 1 aromatic heterocycles. The molecule has 114 valence electrons.